The number of fused-ring (bicyclic) bond motifs is 6. The van der Waals surface area contributed by atoms with Gasteiger partial charge < -0.3 is 0 Å². The third-order valence-corrected chi connectivity index (χ3v) is 13.8. The molecule has 66 heavy (non-hydrogen) atoms. The third kappa shape index (κ3) is 6.00. The molecule has 0 nitrogen and oxygen atoms in total. The summed E-state index contributed by atoms with van der Waals surface area (Å²) in [6.45, 7) is 0. The van der Waals surface area contributed by atoms with Crippen LogP contribution in [0.1, 0.15) is 33.4 Å². The zero-order chi connectivity index (χ0) is 43.6. The highest BCUT2D eigenvalue weighted by Crippen LogP contribution is 2.56. The molecule has 0 aliphatic rings. The summed E-state index contributed by atoms with van der Waals surface area (Å²) in [5, 5.41) is 15.5. The number of rotatable bonds is 8. The Balaban J connectivity index is 1.17. The van der Waals surface area contributed by atoms with Gasteiger partial charge in [-0.15, -0.1) is 0 Å². The van der Waals surface area contributed by atoms with Gasteiger partial charge in [0.15, 0.2) is 0 Å². The van der Waals surface area contributed by atoms with Crippen molar-refractivity contribution in [2.45, 2.75) is 0 Å². The van der Waals surface area contributed by atoms with Crippen molar-refractivity contribution >= 4 is 87.9 Å². The molecule has 13 aromatic carbocycles. The molecular weight excluding hydrogens is 793 g/mol. The largest absolute Gasteiger partial charge is 0.0622 e. The van der Waals surface area contributed by atoms with Gasteiger partial charge in [-0.1, -0.05) is 243 Å². The van der Waals surface area contributed by atoms with Crippen LogP contribution >= 0.6 is 0 Å². The fourth-order valence-corrected chi connectivity index (χ4v) is 11.0. The summed E-state index contributed by atoms with van der Waals surface area (Å²) < 4.78 is 0. The van der Waals surface area contributed by atoms with Gasteiger partial charge in [0, 0.05) is 0 Å². The van der Waals surface area contributed by atoms with Crippen LogP contribution in [0.2, 0.25) is 0 Å². The van der Waals surface area contributed by atoms with Crippen molar-refractivity contribution in [3.8, 4) is 22.3 Å². The van der Waals surface area contributed by atoms with E-state index in [2.05, 4.69) is 255 Å². The van der Waals surface area contributed by atoms with Crippen molar-refractivity contribution in [2.24, 2.45) is 0 Å². The highest BCUT2D eigenvalue weighted by atomic mass is 14.3. The Morgan fingerprint density at radius 3 is 0.803 bits per heavy atom. The summed E-state index contributed by atoms with van der Waals surface area (Å²) >= 11 is 0. The van der Waals surface area contributed by atoms with Gasteiger partial charge in [-0.3, -0.25) is 0 Å². The summed E-state index contributed by atoms with van der Waals surface area (Å²) in [7, 11) is 0. The molecule has 0 heteroatoms. The lowest BCUT2D eigenvalue weighted by Gasteiger charge is -2.15. The number of hydrogen-bond acceptors (Lipinski definition) is 0. The zero-order valence-corrected chi connectivity index (χ0v) is 36.2. The molecule has 13 rings (SSSR count). The predicted molar refractivity (Wildman–Crippen MR) is 284 cm³/mol. The first-order chi connectivity index (χ1) is 32.8. The minimum absolute atomic E-state index is 1.20. The molecule has 0 amide bonds. The average molecular weight is 835 g/mol. The standard InChI is InChI=1S/C66H42/c1-7-21-43(22-8-1)57(44-23-9-2-10-24-44)41-49-37-39-55-61-51(49)33-19-35-53(61)63-59(47-29-15-5-16-30-47)66-56-40-38-50(42-58(45-25-11-3-12-26-45)46-27-13-4-14-28-46)52-34-20-36-54(62(52)56)64(66)60(65(55)63)48-31-17-6-18-32-48/h1-42H. The SMILES string of the molecule is C(=C(c1ccccc1)c1ccccc1)c1ccc2c3c(-c4ccccc4)c4c5cccc6c(C=C(c7ccccc7)c7ccccc7)ccc(c4c(-c4ccccc4)c3c3cccc1c32)c65. The molecule has 0 radical (unpaired) electrons. The second-order valence-corrected chi connectivity index (χ2v) is 17.4. The Morgan fingerprint density at radius 2 is 0.485 bits per heavy atom. The highest BCUT2D eigenvalue weighted by molar-refractivity contribution is 6.47. The van der Waals surface area contributed by atoms with E-state index in [9.17, 15) is 0 Å². The van der Waals surface area contributed by atoms with Gasteiger partial charge in [0.2, 0.25) is 0 Å². The van der Waals surface area contributed by atoms with Crippen LogP contribution in [0.15, 0.2) is 243 Å². The fourth-order valence-electron chi connectivity index (χ4n) is 11.0. The van der Waals surface area contributed by atoms with Crippen LogP contribution in [-0.2, 0) is 0 Å². The Hall–Kier alpha value is -8.58. The summed E-state index contributed by atoms with van der Waals surface area (Å²) in [4.78, 5) is 0. The van der Waals surface area contributed by atoms with Gasteiger partial charge in [-0.2, -0.15) is 0 Å². The van der Waals surface area contributed by atoms with Gasteiger partial charge in [0.1, 0.15) is 0 Å². The average Bonchev–Trinajstić information content (AvgIpc) is 3.91. The van der Waals surface area contributed by atoms with E-state index in [1.807, 2.05) is 0 Å². The third-order valence-electron chi connectivity index (χ3n) is 13.8. The summed E-state index contributed by atoms with van der Waals surface area (Å²) in [5.41, 5.74) is 14.7. The smallest absolute Gasteiger partial charge is 0.000718 e. The molecule has 0 bridgehead atoms. The zero-order valence-electron chi connectivity index (χ0n) is 36.2. The van der Waals surface area contributed by atoms with E-state index in [1.54, 1.807) is 0 Å². The van der Waals surface area contributed by atoms with Gasteiger partial charge >= 0.3 is 0 Å². The van der Waals surface area contributed by atoms with E-state index in [4.69, 9.17) is 0 Å². The van der Waals surface area contributed by atoms with Gasteiger partial charge in [-0.05, 0) is 144 Å². The molecule has 0 heterocycles. The minimum Gasteiger partial charge on any atom is -0.0622 e. The molecule has 0 spiro atoms. The first-order valence-electron chi connectivity index (χ1n) is 22.9. The second-order valence-electron chi connectivity index (χ2n) is 17.4. The lowest BCUT2D eigenvalue weighted by atomic mass is 9.87. The van der Waals surface area contributed by atoms with Crippen molar-refractivity contribution in [1.82, 2.24) is 0 Å². The molecule has 0 saturated heterocycles. The molecule has 0 fully saturated rings. The molecule has 0 aliphatic heterocycles. The molecule has 0 unspecified atom stereocenters. The van der Waals surface area contributed by atoms with Gasteiger partial charge in [0.05, 0.1) is 0 Å². The van der Waals surface area contributed by atoms with Crippen molar-refractivity contribution in [3.05, 3.63) is 276 Å². The quantitative estimate of drug-likeness (QED) is 0.134. The van der Waals surface area contributed by atoms with Crippen molar-refractivity contribution in [3.63, 3.8) is 0 Å². The summed E-state index contributed by atoms with van der Waals surface area (Å²) in [5.74, 6) is 0. The van der Waals surface area contributed by atoms with E-state index in [0.29, 0.717) is 0 Å². The van der Waals surface area contributed by atoms with Gasteiger partial charge in [0.25, 0.3) is 0 Å². The van der Waals surface area contributed by atoms with Crippen LogP contribution in [0.3, 0.4) is 0 Å². The maximum atomic E-state index is 2.41. The van der Waals surface area contributed by atoms with E-state index < -0.39 is 0 Å². The fraction of sp³-hybridized carbons (Fsp3) is 0. The summed E-state index contributed by atoms with van der Waals surface area (Å²) in [6, 6.07) is 89.0. The highest BCUT2D eigenvalue weighted by Gasteiger charge is 2.28. The molecule has 13 aromatic rings. The first kappa shape index (κ1) is 37.9. The number of benzene rings is 11. The van der Waals surface area contributed by atoms with Crippen molar-refractivity contribution in [1.29, 1.82) is 0 Å². The number of hydrogen-bond donors (Lipinski definition) is 0. The molecule has 0 aliphatic carbocycles. The van der Waals surface area contributed by atoms with E-state index in [0.717, 1.165) is 0 Å². The van der Waals surface area contributed by atoms with Crippen LogP contribution in [-0.4, -0.2) is 0 Å². The maximum absolute atomic E-state index is 2.41. The first-order valence-corrected chi connectivity index (χ1v) is 22.9. The van der Waals surface area contributed by atoms with E-state index in [-0.39, 0.29) is 0 Å². The van der Waals surface area contributed by atoms with E-state index >= 15 is 0 Å². The van der Waals surface area contributed by atoms with E-state index in [1.165, 1.54) is 131 Å². The van der Waals surface area contributed by atoms with Crippen molar-refractivity contribution < 1.29 is 0 Å². The Labute approximate surface area is 384 Å². The Bertz CT molecular complexity index is 3560. The maximum Gasteiger partial charge on any atom is -0.000718 e. The van der Waals surface area contributed by atoms with Crippen LogP contribution in [0.25, 0.3) is 110 Å². The molecule has 0 aromatic heterocycles. The molecule has 0 N–H and O–H groups in total. The summed E-state index contributed by atoms with van der Waals surface area (Å²) in [6.07, 6.45) is 4.80. The molecule has 306 valence electrons. The lowest BCUT2D eigenvalue weighted by Crippen LogP contribution is -1.89. The minimum atomic E-state index is 1.20. The van der Waals surface area contributed by atoms with Crippen LogP contribution in [0.4, 0.5) is 0 Å². The Morgan fingerprint density at radius 1 is 0.212 bits per heavy atom. The normalized spacial score (nSPS) is 11.6. The molecular formula is C66H42. The molecule has 0 saturated carbocycles. The lowest BCUT2D eigenvalue weighted by molar-refractivity contribution is 1.56. The predicted octanol–water partition coefficient (Wildman–Crippen LogP) is 18.0. The second kappa shape index (κ2) is 15.6. The van der Waals surface area contributed by atoms with Crippen molar-refractivity contribution in [2.75, 3.05) is 0 Å². The van der Waals surface area contributed by atoms with Crippen LogP contribution < -0.4 is 0 Å². The molecule has 0 atom stereocenters. The van der Waals surface area contributed by atoms with Gasteiger partial charge in [-0.25, -0.2) is 0 Å². The monoisotopic (exact) mass is 834 g/mol. The van der Waals surface area contributed by atoms with Crippen LogP contribution in [0.5, 0.6) is 0 Å². The topological polar surface area (TPSA) is 0 Å². The Kier molecular flexibility index (Phi) is 8.96. The van der Waals surface area contributed by atoms with Crippen LogP contribution in [0, 0.1) is 0 Å².